The fourth-order valence-electron chi connectivity index (χ4n) is 1.93. The third-order valence-electron chi connectivity index (χ3n) is 2.74. The van der Waals surface area contributed by atoms with Crippen molar-refractivity contribution in [3.05, 3.63) is 34.2 Å². The molecule has 0 fully saturated rings. The Morgan fingerprint density at radius 2 is 1.75 bits per heavy atom. The Hall–Kier alpha value is -1.84. The Kier molecular flexibility index (Phi) is 3.36. The summed E-state index contributed by atoms with van der Waals surface area (Å²) in [4.78, 5) is 1.77. The molecule has 0 atom stereocenters. The fourth-order valence-corrected chi connectivity index (χ4v) is 3.42. The molecular weight excluding hydrogens is 308 g/mol. The molecule has 1 aromatic carbocycles. The zero-order valence-electron chi connectivity index (χ0n) is 9.75. The topological polar surface area (TPSA) is 145 Å². The van der Waals surface area contributed by atoms with Gasteiger partial charge < -0.3 is 5.53 Å². The molecule has 8 nitrogen and oxygen atoms in total. The van der Waals surface area contributed by atoms with Gasteiger partial charge in [-0.3, -0.25) is 9.11 Å². The minimum atomic E-state index is -4.62. The number of fused-ring (bicyclic) bond motifs is 1. The van der Waals surface area contributed by atoms with E-state index < -0.39 is 36.5 Å². The Labute approximate surface area is 113 Å². The third-order valence-corrected chi connectivity index (χ3v) is 4.64. The van der Waals surface area contributed by atoms with Gasteiger partial charge in [-0.25, -0.2) is 0 Å². The molecular formula is C10H8N2O6S2. The standard InChI is InChI=1S/C10H8N2O6S2/c11-12-6-4-8-7(10(5-6)20(16,17)18)2-1-3-9(8)19(13,14)15/h1-4H,5H2,(H,13,14,15)(H,16,17,18). The van der Waals surface area contributed by atoms with Gasteiger partial charge in [0.1, 0.15) is 4.90 Å². The molecule has 0 spiro atoms. The zero-order valence-corrected chi connectivity index (χ0v) is 11.4. The Morgan fingerprint density at radius 1 is 1.10 bits per heavy atom. The summed E-state index contributed by atoms with van der Waals surface area (Å²) in [6.45, 7) is 0. The molecule has 0 heterocycles. The van der Waals surface area contributed by atoms with E-state index in [1.807, 2.05) is 0 Å². The van der Waals surface area contributed by atoms with Gasteiger partial charge in [0.15, 0.2) is 0 Å². The van der Waals surface area contributed by atoms with Crippen LogP contribution in [0.15, 0.2) is 23.1 Å². The van der Waals surface area contributed by atoms with Crippen molar-refractivity contribution >= 4 is 36.9 Å². The minimum Gasteiger partial charge on any atom is -0.361 e. The number of benzene rings is 1. The predicted octanol–water partition coefficient (Wildman–Crippen LogP) is -1.22. The molecule has 106 valence electrons. The second-order valence-electron chi connectivity index (χ2n) is 4.00. The summed E-state index contributed by atoms with van der Waals surface area (Å²) in [7, 11) is -9.22. The van der Waals surface area contributed by atoms with Crippen LogP contribution in [-0.4, -0.2) is 36.4 Å². The Balaban J connectivity index is 3.14. The molecule has 1 aromatic rings. The molecule has 0 aromatic heterocycles. The van der Waals surface area contributed by atoms with Crippen molar-refractivity contribution < 1.29 is 30.7 Å². The van der Waals surface area contributed by atoms with Gasteiger partial charge in [-0.1, -0.05) is 12.1 Å². The normalized spacial score (nSPS) is 15.3. The monoisotopic (exact) mass is 316 g/mol. The van der Waals surface area contributed by atoms with Crippen LogP contribution in [0, 0.1) is 0 Å². The lowest BCUT2D eigenvalue weighted by atomic mass is 10.1. The van der Waals surface area contributed by atoms with Crippen LogP contribution >= 0.6 is 0 Å². The molecule has 2 N–H and O–H groups in total. The van der Waals surface area contributed by atoms with Crippen LogP contribution in [0.4, 0.5) is 0 Å². The lowest BCUT2D eigenvalue weighted by molar-refractivity contribution is -0.00379. The number of nitrogens with zero attached hydrogens (tertiary/aromatic N) is 2. The van der Waals surface area contributed by atoms with E-state index in [1.165, 1.54) is 12.1 Å². The predicted molar refractivity (Wildman–Crippen MR) is 68.2 cm³/mol. The number of rotatable bonds is 2. The average molecular weight is 316 g/mol. The van der Waals surface area contributed by atoms with Crippen molar-refractivity contribution in [2.75, 3.05) is 0 Å². The molecule has 0 amide bonds. The summed E-state index contributed by atoms with van der Waals surface area (Å²) < 4.78 is 63.5. The summed E-state index contributed by atoms with van der Waals surface area (Å²) in [5.41, 5.74) is 8.58. The van der Waals surface area contributed by atoms with E-state index in [2.05, 4.69) is 4.79 Å². The van der Waals surface area contributed by atoms with Gasteiger partial charge in [0, 0.05) is 16.5 Å². The minimum absolute atomic E-state index is 0.0741. The lowest BCUT2D eigenvalue weighted by Gasteiger charge is -2.07. The molecule has 0 aliphatic heterocycles. The van der Waals surface area contributed by atoms with Gasteiger partial charge in [0.25, 0.3) is 25.9 Å². The number of hydrogen-bond donors (Lipinski definition) is 2. The van der Waals surface area contributed by atoms with Crippen molar-refractivity contribution in [3.63, 3.8) is 0 Å². The second-order valence-corrected chi connectivity index (χ2v) is 6.84. The van der Waals surface area contributed by atoms with Crippen LogP contribution in [-0.2, 0) is 20.2 Å². The van der Waals surface area contributed by atoms with Gasteiger partial charge >= 0.3 is 0 Å². The third kappa shape index (κ3) is 2.55. The molecule has 2 rings (SSSR count). The summed E-state index contributed by atoms with van der Waals surface area (Å²) in [6.07, 6.45) is 0.727. The second kappa shape index (κ2) is 4.62. The van der Waals surface area contributed by atoms with Crippen LogP contribution in [0.3, 0.4) is 0 Å². The van der Waals surface area contributed by atoms with E-state index >= 15 is 0 Å². The lowest BCUT2D eigenvalue weighted by Crippen LogP contribution is -2.38. The largest absolute Gasteiger partial charge is 0.361 e. The Morgan fingerprint density at radius 3 is 2.25 bits per heavy atom. The maximum atomic E-state index is 11.3. The first-order valence-electron chi connectivity index (χ1n) is 5.14. The van der Waals surface area contributed by atoms with Gasteiger partial charge in [-0.2, -0.15) is 21.6 Å². The van der Waals surface area contributed by atoms with Gasteiger partial charge in [0.2, 0.25) is 0 Å². The van der Waals surface area contributed by atoms with Crippen molar-refractivity contribution in [1.29, 1.82) is 0 Å². The summed E-state index contributed by atoms with van der Waals surface area (Å²) in [5.74, 6) is 0. The quantitative estimate of drug-likeness (QED) is 0.397. The molecule has 1 aliphatic rings. The highest BCUT2D eigenvalue weighted by Gasteiger charge is 2.26. The zero-order chi connectivity index (χ0) is 15.1. The SMILES string of the molecule is [N-]=[N+]=C1C=c2c(S(=O)(=O)O)cccc2=C(S(=O)(=O)O)C1. The van der Waals surface area contributed by atoms with E-state index in [1.54, 1.807) is 0 Å². The summed E-state index contributed by atoms with van der Waals surface area (Å²) >= 11 is 0. The summed E-state index contributed by atoms with van der Waals surface area (Å²) in [5, 5.41) is -0.239. The number of hydrogen-bond acceptors (Lipinski definition) is 4. The van der Waals surface area contributed by atoms with Crippen molar-refractivity contribution in [2.24, 2.45) is 0 Å². The van der Waals surface area contributed by atoms with Crippen LogP contribution in [0.5, 0.6) is 0 Å². The maximum Gasteiger partial charge on any atom is 0.297 e. The van der Waals surface area contributed by atoms with E-state index in [-0.39, 0.29) is 16.1 Å². The first kappa shape index (κ1) is 14.6. The van der Waals surface area contributed by atoms with E-state index in [4.69, 9.17) is 14.6 Å². The molecule has 1 aliphatic carbocycles. The van der Waals surface area contributed by atoms with Crippen LogP contribution in [0.25, 0.3) is 16.5 Å². The van der Waals surface area contributed by atoms with Crippen LogP contribution in [0.1, 0.15) is 6.42 Å². The van der Waals surface area contributed by atoms with Gasteiger partial charge in [-0.05, 0) is 6.07 Å². The highest BCUT2D eigenvalue weighted by Crippen LogP contribution is 2.13. The van der Waals surface area contributed by atoms with Crippen molar-refractivity contribution in [2.45, 2.75) is 11.3 Å². The molecule has 0 unspecified atom stereocenters. The smallest absolute Gasteiger partial charge is 0.297 e. The maximum absolute atomic E-state index is 11.3. The van der Waals surface area contributed by atoms with Crippen molar-refractivity contribution in [1.82, 2.24) is 0 Å². The van der Waals surface area contributed by atoms with Gasteiger partial charge in [0.05, 0.1) is 11.3 Å². The van der Waals surface area contributed by atoms with E-state index in [0.29, 0.717) is 0 Å². The molecule has 0 saturated carbocycles. The van der Waals surface area contributed by atoms with Crippen LogP contribution < -0.4 is 10.4 Å². The molecule has 0 saturated heterocycles. The van der Waals surface area contributed by atoms with Gasteiger partial charge in [-0.15, -0.1) is 0 Å². The van der Waals surface area contributed by atoms with Crippen LogP contribution in [0.2, 0.25) is 0 Å². The van der Waals surface area contributed by atoms with E-state index in [0.717, 1.165) is 12.1 Å². The fraction of sp³-hybridized carbons (Fsp3) is 0.100. The summed E-state index contributed by atoms with van der Waals surface area (Å²) in [6, 6.07) is 3.56. The Bertz CT molecular complexity index is 969. The average Bonchev–Trinajstić information content (AvgIpc) is 2.34. The van der Waals surface area contributed by atoms with Crippen molar-refractivity contribution in [3.8, 4) is 0 Å². The molecule has 20 heavy (non-hydrogen) atoms. The first-order valence-corrected chi connectivity index (χ1v) is 8.02. The molecule has 0 bridgehead atoms. The highest BCUT2D eigenvalue weighted by atomic mass is 32.2. The molecule has 0 radical (unpaired) electrons. The molecule has 10 heteroatoms. The first-order chi connectivity index (χ1) is 9.14. The highest BCUT2D eigenvalue weighted by molar-refractivity contribution is 7.95. The van der Waals surface area contributed by atoms with E-state index in [9.17, 15) is 16.8 Å².